The van der Waals surface area contributed by atoms with Crippen LogP contribution in [-0.4, -0.2) is 61.0 Å². The van der Waals surface area contributed by atoms with Crippen molar-refractivity contribution in [1.29, 1.82) is 0 Å². The SMILES string of the molecule is [B]B(Cc1nc(F)nc(Nc2c(C)c(C)c(C)c(Nc3cc(S(=O)(=O)O)c(N)c4c3C(=O)c3ccccc3C4=O)c2C)n1)NC. The Kier molecular flexibility index (Phi) is 8.25. The number of halogens is 1. The molecule has 1 heterocycles. The summed E-state index contributed by atoms with van der Waals surface area (Å²) < 4.78 is 49.2. The second kappa shape index (κ2) is 11.7. The maximum Gasteiger partial charge on any atom is 0.313 e. The number of ketones is 2. The van der Waals surface area contributed by atoms with E-state index in [1.807, 2.05) is 20.8 Å². The molecule has 0 atom stereocenters. The Morgan fingerprint density at radius 2 is 1.49 bits per heavy atom. The van der Waals surface area contributed by atoms with E-state index in [2.05, 4.69) is 30.8 Å². The number of carbonyl (C=O) groups excluding carboxylic acids is 2. The number of carbonyl (C=O) groups is 2. The molecule has 3 aromatic carbocycles. The second-order valence-corrected chi connectivity index (χ2v) is 12.1. The van der Waals surface area contributed by atoms with E-state index in [9.17, 15) is 27.0 Å². The van der Waals surface area contributed by atoms with Crippen LogP contribution in [0.25, 0.3) is 0 Å². The van der Waals surface area contributed by atoms with Gasteiger partial charge in [-0.2, -0.15) is 27.8 Å². The van der Waals surface area contributed by atoms with E-state index in [0.717, 1.165) is 22.8 Å². The van der Waals surface area contributed by atoms with Crippen LogP contribution in [0.15, 0.2) is 35.2 Å². The van der Waals surface area contributed by atoms with Crippen molar-refractivity contribution < 1.29 is 27.0 Å². The van der Waals surface area contributed by atoms with Gasteiger partial charge in [-0.05, 0) is 69.4 Å². The smallest absolute Gasteiger partial charge is 0.313 e. The highest BCUT2D eigenvalue weighted by molar-refractivity contribution is 7.86. The summed E-state index contributed by atoms with van der Waals surface area (Å²) in [5, 5.41) is 9.04. The first-order valence-electron chi connectivity index (χ1n) is 13.7. The summed E-state index contributed by atoms with van der Waals surface area (Å²) >= 11 is 0. The number of nitrogens with zero attached hydrogens (tertiary/aromatic N) is 3. The number of fused-ring (bicyclic) bond motifs is 2. The molecule has 228 valence electrons. The Morgan fingerprint density at radius 3 is 2.07 bits per heavy atom. The molecule has 0 amide bonds. The van der Waals surface area contributed by atoms with Crippen LogP contribution in [0.4, 0.5) is 33.1 Å². The quantitative estimate of drug-likeness (QED) is 0.0961. The van der Waals surface area contributed by atoms with Crippen LogP contribution in [0, 0.1) is 33.8 Å². The molecule has 16 heteroatoms. The summed E-state index contributed by atoms with van der Waals surface area (Å²) in [7, 11) is 2.64. The number of rotatable bonds is 8. The van der Waals surface area contributed by atoms with Crippen molar-refractivity contribution in [2.24, 2.45) is 0 Å². The molecule has 6 N–H and O–H groups in total. The Labute approximate surface area is 260 Å². The van der Waals surface area contributed by atoms with Crippen molar-refractivity contribution in [3.8, 4) is 0 Å². The molecule has 0 saturated carbocycles. The third-order valence-electron chi connectivity index (χ3n) is 8.03. The first-order chi connectivity index (χ1) is 21.1. The second-order valence-electron chi connectivity index (χ2n) is 10.7. The molecule has 0 unspecified atom stereocenters. The van der Waals surface area contributed by atoms with Gasteiger partial charge in [0.1, 0.15) is 10.7 Å². The zero-order valence-electron chi connectivity index (χ0n) is 25.0. The topological polar surface area (TPSA) is 189 Å². The van der Waals surface area contributed by atoms with Gasteiger partial charge in [0.05, 0.1) is 22.5 Å². The molecule has 0 spiro atoms. The van der Waals surface area contributed by atoms with Crippen molar-refractivity contribution in [3.05, 3.63) is 86.7 Å². The van der Waals surface area contributed by atoms with Gasteiger partial charge in [-0.1, -0.05) is 24.3 Å². The lowest BCUT2D eigenvalue weighted by atomic mass is 9.40. The zero-order valence-corrected chi connectivity index (χ0v) is 25.9. The van der Waals surface area contributed by atoms with Gasteiger partial charge in [0.25, 0.3) is 10.1 Å². The van der Waals surface area contributed by atoms with E-state index in [4.69, 9.17) is 13.5 Å². The molecule has 1 aliphatic carbocycles. The van der Waals surface area contributed by atoms with Gasteiger partial charge >= 0.3 is 6.08 Å². The average molecular weight is 627 g/mol. The van der Waals surface area contributed by atoms with Crippen LogP contribution in [0.2, 0.25) is 0 Å². The number of nitrogens with one attached hydrogen (secondary N) is 3. The highest BCUT2D eigenvalue weighted by Crippen LogP contribution is 2.43. The molecule has 12 nitrogen and oxygen atoms in total. The lowest BCUT2D eigenvalue weighted by Crippen LogP contribution is -2.34. The summed E-state index contributed by atoms with van der Waals surface area (Å²) in [6, 6.07) is 7.15. The van der Waals surface area contributed by atoms with Gasteiger partial charge in [-0.25, -0.2) is 0 Å². The minimum Gasteiger partial charge on any atom is -0.397 e. The van der Waals surface area contributed by atoms with Crippen LogP contribution in [0.5, 0.6) is 0 Å². The number of hydrogen-bond acceptors (Lipinski definition) is 11. The van der Waals surface area contributed by atoms with E-state index in [0.29, 0.717) is 16.9 Å². The van der Waals surface area contributed by atoms with Crippen molar-refractivity contribution in [1.82, 2.24) is 20.2 Å². The third kappa shape index (κ3) is 5.67. The van der Waals surface area contributed by atoms with E-state index in [1.54, 1.807) is 26.1 Å². The normalized spacial score (nSPS) is 12.5. The Hall–Kier alpha value is -4.66. The summed E-state index contributed by atoms with van der Waals surface area (Å²) in [6.07, 6.45) is -0.866. The van der Waals surface area contributed by atoms with Gasteiger partial charge in [-0.3, -0.25) is 14.1 Å². The maximum absolute atomic E-state index is 14.4. The first-order valence-corrected chi connectivity index (χ1v) is 15.2. The van der Waals surface area contributed by atoms with Crippen LogP contribution >= 0.6 is 0 Å². The molecule has 45 heavy (non-hydrogen) atoms. The summed E-state index contributed by atoms with van der Waals surface area (Å²) in [5.74, 6) is -1.16. The molecule has 4 aromatic rings. The fraction of sp³-hybridized carbons (Fsp3) is 0.207. The van der Waals surface area contributed by atoms with E-state index >= 15 is 0 Å². The van der Waals surface area contributed by atoms with Crippen molar-refractivity contribution in [3.63, 3.8) is 0 Å². The molecule has 1 aliphatic rings. The van der Waals surface area contributed by atoms with Crippen LogP contribution in [-0.2, 0) is 16.4 Å². The lowest BCUT2D eigenvalue weighted by molar-refractivity contribution is 0.0980. The van der Waals surface area contributed by atoms with Gasteiger partial charge in [0.2, 0.25) is 5.95 Å². The Balaban J connectivity index is 1.68. The van der Waals surface area contributed by atoms with E-state index < -0.39 is 45.1 Å². The number of hydrogen-bond donors (Lipinski definition) is 5. The summed E-state index contributed by atoms with van der Waals surface area (Å²) in [4.78, 5) is 38.5. The molecule has 0 fully saturated rings. The Morgan fingerprint density at radius 1 is 0.911 bits per heavy atom. The fourth-order valence-electron chi connectivity index (χ4n) is 5.41. The Bertz CT molecular complexity index is 2040. The first kappa shape index (κ1) is 31.8. The highest BCUT2D eigenvalue weighted by atomic mass is 32.2. The summed E-state index contributed by atoms with van der Waals surface area (Å²) in [6.45, 7) is 6.74. The van der Waals surface area contributed by atoms with Gasteiger partial charge in [0, 0.05) is 30.2 Å². The largest absolute Gasteiger partial charge is 0.397 e. The highest BCUT2D eigenvalue weighted by Gasteiger charge is 2.36. The third-order valence-corrected chi connectivity index (χ3v) is 8.92. The predicted molar refractivity (Wildman–Crippen MR) is 170 cm³/mol. The maximum atomic E-state index is 14.4. The zero-order chi connectivity index (χ0) is 33.0. The van der Waals surface area contributed by atoms with Gasteiger partial charge < -0.3 is 21.6 Å². The van der Waals surface area contributed by atoms with Crippen LogP contribution in [0.3, 0.4) is 0 Å². The molecule has 0 saturated heterocycles. The van der Waals surface area contributed by atoms with E-state index in [1.165, 1.54) is 12.1 Å². The molecular weight excluding hydrogens is 599 g/mol. The minimum absolute atomic E-state index is 0.0600. The monoisotopic (exact) mass is 627 g/mol. The number of aromatic nitrogens is 3. The number of anilines is 5. The molecule has 0 aliphatic heterocycles. The molecule has 5 rings (SSSR count). The van der Waals surface area contributed by atoms with E-state index in [-0.39, 0.29) is 46.0 Å². The molecular formula is C29H28B2FN7O5S. The molecule has 1 aromatic heterocycles. The fourth-order valence-corrected chi connectivity index (χ4v) is 6.05. The van der Waals surface area contributed by atoms with Crippen LogP contribution < -0.4 is 21.6 Å². The van der Waals surface area contributed by atoms with Gasteiger partial charge in [0.15, 0.2) is 18.3 Å². The van der Waals surface area contributed by atoms with Gasteiger partial charge in [-0.15, -0.1) is 0 Å². The van der Waals surface area contributed by atoms with Crippen molar-refractivity contribution in [2.45, 2.75) is 38.9 Å². The minimum atomic E-state index is -4.92. The van der Waals surface area contributed by atoms with Crippen LogP contribution in [0.1, 0.15) is 59.9 Å². The predicted octanol–water partition coefficient (Wildman–Crippen LogP) is 3.29. The average Bonchev–Trinajstić information content (AvgIpc) is 2.98. The number of nitrogens with two attached hydrogens (primary N) is 1. The summed E-state index contributed by atoms with van der Waals surface area (Å²) in [5.41, 5.74) is 9.07. The van der Waals surface area contributed by atoms with Crippen molar-refractivity contribution >= 4 is 64.9 Å². The standard InChI is InChI=1S/C29H28B2FN7O5S/c1-12-13(2)24(15(4)25(14(12)3)38-29-37-20(11-31(30)34-5)36-28(32)39-29)35-18-10-19(45(42,43)44)23(33)22-21(18)26(40)16-8-6-7-9-17(16)27(22)41/h6-10,34-35H,11,33H2,1-5H3,(H,42,43,44)(H,36,37,38,39). The number of benzene rings is 3. The molecule has 2 radical (unpaired) electrons. The number of nitrogen functional groups attached to an aromatic ring is 1. The lowest BCUT2D eigenvalue weighted by Gasteiger charge is -2.26. The molecule has 0 bridgehead atoms. The van der Waals surface area contributed by atoms with Crippen molar-refractivity contribution in [2.75, 3.05) is 23.4 Å².